The Morgan fingerprint density at radius 3 is 2.70 bits per heavy atom. The summed E-state index contributed by atoms with van der Waals surface area (Å²) in [7, 11) is 0. The number of aromatic amines is 1. The van der Waals surface area contributed by atoms with Crippen molar-refractivity contribution in [3.05, 3.63) is 36.9 Å². The minimum atomic E-state index is -0.830. The van der Waals surface area contributed by atoms with Gasteiger partial charge in [-0.1, -0.05) is 0 Å². The highest BCUT2D eigenvalue weighted by Gasteiger charge is 2.18. The molecule has 0 unspecified atom stereocenters. The lowest BCUT2D eigenvalue weighted by atomic mass is 10.1. The van der Waals surface area contributed by atoms with Crippen molar-refractivity contribution in [3.8, 4) is 22.5 Å². The average molecular weight is 315 g/mol. The molecule has 3 N–H and O–H groups in total. The van der Waals surface area contributed by atoms with Crippen LogP contribution in [0.1, 0.15) is 13.8 Å². The normalized spacial score (nSPS) is 12.0. The zero-order valence-corrected chi connectivity index (χ0v) is 13.3. The highest BCUT2D eigenvalue weighted by Crippen LogP contribution is 2.30. The van der Waals surface area contributed by atoms with Gasteiger partial charge in [0.1, 0.15) is 11.4 Å². The van der Waals surface area contributed by atoms with E-state index in [9.17, 15) is 5.11 Å². The third-order valence-corrected chi connectivity index (χ3v) is 3.43. The molecule has 3 rings (SSSR count). The molecule has 23 heavy (non-hydrogen) atoms. The Hall–Kier alpha value is -2.38. The smallest absolute Gasteiger partial charge is 0.120 e. The van der Waals surface area contributed by atoms with Gasteiger partial charge in [-0.05, 0) is 26.0 Å². The molecule has 0 aliphatic heterocycles. The zero-order valence-electron chi connectivity index (χ0n) is 13.3. The van der Waals surface area contributed by atoms with Gasteiger partial charge in [-0.15, -0.1) is 0 Å². The third-order valence-electron chi connectivity index (χ3n) is 3.43. The van der Waals surface area contributed by atoms with Crippen LogP contribution in [0.15, 0.2) is 36.9 Å². The van der Waals surface area contributed by atoms with Gasteiger partial charge in [-0.25, -0.2) is 0 Å². The molecule has 0 amide bonds. The summed E-state index contributed by atoms with van der Waals surface area (Å²) in [5.41, 5.74) is 2.63. The van der Waals surface area contributed by atoms with Crippen LogP contribution in [0.25, 0.3) is 22.5 Å². The highest BCUT2D eigenvalue weighted by atomic mass is 16.3. The molecule has 0 bridgehead atoms. The Balaban J connectivity index is 1.98. The van der Waals surface area contributed by atoms with Gasteiger partial charge in [0.2, 0.25) is 0 Å². The Bertz CT molecular complexity index is 765. The molecule has 0 aliphatic carbocycles. The van der Waals surface area contributed by atoms with Crippen LogP contribution in [0.4, 0.5) is 0 Å². The van der Waals surface area contributed by atoms with Crippen LogP contribution in [0.3, 0.4) is 0 Å². The molecule has 0 saturated heterocycles. The highest BCUT2D eigenvalue weighted by molar-refractivity contribution is 5.78. The summed E-state index contributed by atoms with van der Waals surface area (Å²) in [6, 6.07) is 3.85. The molecule has 0 aromatic carbocycles. The van der Waals surface area contributed by atoms with Gasteiger partial charge in [0, 0.05) is 35.9 Å². The fourth-order valence-corrected chi connectivity index (χ4v) is 2.50. The molecule has 7 heteroatoms. The molecule has 122 valence electrons. The van der Waals surface area contributed by atoms with Crippen molar-refractivity contribution in [2.24, 2.45) is 0 Å². The van der Waals surface area contributed by atoms with E-state index in [2.05, 4.69) is 15.2 Å². The van der Waals surface area contributed by atoms with Crippen LogP contribution in [-0.4, -0.2) is 47.0 Å². The van der Waals surface area contributed by atoms with Crippen LogP contribution in [-0.2, 0) is 13.1 Å². The van der Waals surface area contributed by atoms with Gasteiger partial charge in [-0.2, -0.15) is 10.2 Å². The summed E-state index contributed by atoms with van der Waals surface area (Å²) in [5.74, 6) is 0. The first-order valence-corrected chi connectivity index (χ1v) is 7.54. The second-order valence-corrected chi connectivity index (χ2v) is 6.19. The largest absolute Gasteiger partial charge is 0.394 e. The molecule has 7 nitrogen and oxygen atoms in total. The lowest BCUT2D eigenvalue weighted by Crippen LogP contribution is -2.26. The first kappa shape index (κ1) is 15.5. The van der Waals surface area contributed by atoms with Crippen molar-refractivity contribution in [1.29, 1.82) is 0 Å². The maximum absolute atomic E-state index is 9.92. The van der Waals surface area contributed by atoms with E-state index < -0.39 is 5.60 Å². The van der Waals surface area contributed by atoms with E-state index in [1.807, 2.05) is 36.9 Å². The lowest BCUT2D eigenvalue weighted by molar-refractivity contribution is 0.0578. The molecular formula is C16H21N5O2. The monoisotopic (exact) mass is 315 g/mol. The summed E-state index contributed by atoms with van der Waals surface area (Å²) in [5, 5.41) is 28.1. The van der Waals surface area contributed by atoms with Crippen molar-refractivity contribution in [3.63, 3.8) is 0 Å². The Kier molecular flexibility index (Phi) is 4.06. The summed E-state index contributed by atoms with van der Waals surface area (Å²) in [6.07, 6.45) is 7.50. The van der Waals surface area contributed by atoms with Gasteiger partial charge in [-0.3, -0.25) is 9.36 Å². The van der Waals surface area contributed by atoms with E-state index in [1.54, 1.807) is 23.2 Å². The zero-order chi connectivity index (χ0) is 16.4. The van der Waals surface area contributed by atoms with Crippen molar-refractivity contribution in [2.75, 3.05) is 6.61 Å². The van der Waals surface area contributed by atoms with E-state index in [-0.39, 0.29) is 6.61 Å². The third kappa shape index (κ3) is 3.52. The average Bonchev–Trinajstić information content (AvgIpc) is 3.15. The summed E-state index contributed by atoms with van der Waals surface area (Å²) >= 11 is 0. The number of H-pyrrole nitrogens is 1. The van der Waals surface area contributed by atoms with Crippen LogP contribution in [0, 0.1) is 0 Å². The fraction of sp³-hybridized carbons (Fsp3) is 0.375. The van der Waals surface area contributed by atoms with E-state index in [0.717, 1.165) is 22.5 Å². The second kappa shape index (κ2) is 6.02. The van der Waals surface area contributed by atoms with Gasteiger partial charge < -0.3 is 15.2 Å². The van der Waals surface area contributed by atoms with E-state index >= 15 is 0 Å². The number of hydrogen-bond donors (Lipinski definition) is 3. The maximum atomic E-state index is 9.92. The predicted octanol–water partition coefficient (Wildman–Crippen LogP) is 1.50. The van der Waals surface area contributed by atoms with Crippen molar-refractivity contribution >= 4 is 0 Å². The number of nitrogens with zero attached hydrogens (tertiary/aromatic N) is 4. The Labute approximate surface area is 134 Å². The van der Waals surface area contributed by atoms with E-state index in [1.165, 1.54) is 0 Å². The Morgan fingerprint density at radius 1 is 1.22 bits per heavy atom. The molecule has 3 aromatic heterocycles. The van der Waals surface area contributed by atoms with Gasteiger partial charge in [0.15, 0.2) is 0 Å². The summed E-state index contributed by atoms with van der Waals surface area (Å²) in [4.78, 5) is 3.04. The molecule has 0 atom stereocenters. The van der Waals surface area contributed by atoms with Crippen LogP contribution in [0.2, 0.25) is 0 Å². The Morgan fingerprint density at radius 2 is 2.04 bits per heavy atom. The number of hydrogen-bond acceptors (Lipinski definition) is 4. The van der Waals surface area contributed by atoms with Crippen LogP contribution >= 0.6 is 0 Å². The van der Waals surface area contributed by atoms with Crippen molar-refractivity contribution in [2.45, 2.75) is 32.5 Å². The lowest BCUT2D eigenvalue weighted by Gasteiger charge is -2.16. The molecule has 0 aliphatic rings. The first-order chi connectivity index (χ1) is 11.0. The number of aromatic nitrogens is 5. The number of aliphatic hydroxyl groups excluding tert-OH is 1. The van der Waals surface area contributed by atoms with E-state index in [4.69, 9.17) is 5.11 Å². The molecular weight excluding hydrogens is 294 g/mol. The summed E-state index contributed by atoms with van der Waals surface area (Å²) < 4.78 is 3.42. The van der Waals surface area contributed by atoms with Gasteiger partial charge >= 0.3 is 0 Å². The first-order valence-electron chi connectivity index (χ1n) is 7.54. The number of rotatable bonds is 6. The van der Waals surface area contributed by atoms with Gasteiger partial charge in [0.05, 0.1) is 25.3 Å². The maximum Gasteiger partial charge on any atom is 0.120 e. The SMILES string of the molecule is CC(C)(O)Cn1ccc(-c2nn(CCO)cc2-c2cc[nH]c2)n1. The standard InChI is InChI=1S/C16H21N5O2/c1-16(2,23)11-21-6-4-14(18-21)15-13(12-3-5-17-9-12)10-20(19-15)7-8-22/h3-6,9-10,17,22-23H,7-8,11H2,1-2H3. The van der Waals surface area contributed by atoms with Crippen molar-refractivity contribution in [1.82, 2.24) is 24.5 Å². The molecule has 0 saturated carbocycles. The fourth-order valence-electron chi connectivity index (χ4n) is 2.50. The van der Waals surface area contributed by atoms with E-state index in [0.29, 0.717) is 13.1 Å². The number of aliphatic hydroxyl groups is 2. The van der Waals surface area contributed by atoms with Gasteiger partial charge in [0.25, 0.3) is 0 Å². The quantitative estimate of drug-likeness (QED) is 0.643. The predicted molar refractivity (Wildman–Crippen MR) is 86.6 cm³/mol. The van der Waals surface area contributed by atoms with Crippen LogP contribution < -0.4 is 0 Å². The molecule has 0 fully saturated rings. The molecule has 3 aromatic rings. The second-order valence-electron chi connectivity index (χ2n) is 6.19. The van der Waals surface area contributed by atoms with Crippen molar-refractivity contribution < 1.29 is 10.2 Å². The minimum absolute atomic E-state index is 0.0286. The molecule has 0 radical (unpaired) electrons. The molecule has 3 heterocycles. The number of nitrogens with one attached hydrogen (secondary N) is 1. The molecule has 0 spiro atoms. The summed E-state index contributed by atoms with van der Waals surface area (Å²) in [6.45, 7) is 4.36. The minimum Gasteiger partial charge on any atom is -0.394 e. The topological polar surface area (TPSA) is 91.9 Å². The van der Waals surface area contributed by atoms with Crippen LogP contribution in [0.5, 0.6) is 0 Å².